The molecule has 1 aliphatic heterocycles. The van der Waals surface area contributed by atoms with Crippen LogP contribution in [0.5, 0.6) is 0 Å². The first-order valence-corrected chi connectivity index (χ1v) is 6.92. The van der Waals surface area contributed by atoms with Crippen LogP contribution in [0.15, 0.2) is 30.3 Å². The normalized spacial score (nSPS) is 17.7. The lowest BCUT2D eigenvalue weighted by atomic mass is 10.1. The summed E-state index contributed by atoms with van der Waals surface area (Å²) < 4.78 is 4.60. The van der Waals surface area contributed by atoms with E-state index in [0.717, 1.165) is 5.69 Å². The fourth-order valence-corrected chi connectivity index (χ4v) is 2.28. The minimum atomic E-state index is -0.887. The smallest absolute Gasteiger partial charge is 0.396 e. The number of hydrogen-bond acceptors (Lipinski definition) is 4. The van der Waals surface area contributed by atoms with E-state index < -0.39 is 11.9 Å². The average Bonchev–Trinajstić information content (AvgIpc) is 2.87. The van der Waals surface area contributed by atoms with Crippen LogP contribution < -0.4 is 10.2 Å². The molecule has 2 amide bonds. The monoisotopic (exact) mass is 290 g/mol. The van der Waals surface area contributed by atoms with Crippen LogP contribution in [0.1, 0.15) is 13.3 Å². The molecule has 0 bridgehead atoms. The van der Waals surface area contributed by atoms with E-state index in [1.807, 2.05) is 30.3 Å². The molecule has 0 aliphatic carbocycles. The number of esters is 1. The van der Waals surface area contributed by atoms with E-state index in [9.17, 15) is 14.4 Å². The highest BCUT2D eigenvalue weighted by Crippen LogP contribution is 2.24. The van der Waals surface area contributed by atoms with E-state index in [4.69, 9.17) is 0 Å². The number of rotatable bonds is 4. The van der Waals surface area contributed by atoms with Gasteiger partial charge in [-0.05, 0) is 19.1 Å². The second-order valence-corrected chi connectivity index (χ2v) is 4.84. The summed E-state index contributed by atoms with van der Waals surface area (Å²) in [6, 6.07) is 9.38. The second kappa shape index (κ2) is 6.88. The summed E-state index contributed by atoms with van der Waals surface area (Å²) in [5.41, 5.74) is 0.849. The van der Waals surface area contributed by atoms with Crippen molar-refractivity contribution in [2.24, 2.45) is 5.92 Å². The predicted molar refractivity (Wildman–Crippen MR) is 76.5 cm³/mol. The third-order valence-corrected chi connectivity index (χ3v) is 3.29. The first-order chi connectivity index (χ1) is 10.1. The zero-order chi connectivity index (χ0) is 15.2. The van der Waals surface area contributed by atoms with Crippen LogP contribution in [0, 0.1) is 5.92 Å². The molecule has 1 aromatic rings. The van der Waals surface area contributed by atoms with Crippen molar-refractivity contribution in [3.8, 4) is 0 Å². The molecule has 0 radical (unpaired) electrons. The second-order valence-electron chi connectivity index (χ2n) is 4.84. The zero-order valence-corrected chi connectivity index (χ0v) is 11.9. The lowest BCUT2D eigenvalue weighted by Gasteiger charge is -2.16. The molecule has 21 heavy (non-hydrogen) atoms. The number of carbonyl (C=O) groups excluding carboxylic acids is 3. The maximum absolute atomic E-state index is 12.0. The van der Waals surface area contributed by atoms with E-state index in [0.29, 0.717) is 13.0 Å². The van der Waals surface area contributed by atoms with Gasteiger partial charge in [-0.2, -0.15) is 0 Å². The molecule has 0 aromatic heterocycles. The third kappa shape index (κ3) is 3.81. The highest BCUT2D eigenvalue weighted by molar-refractivity contribution is 6.32. The van der Waals surface area contributed by atoms with Crippen LogP contribution >= 0.6 is 0 Å². The van der Waals surface area contributed by atoms with E-state index in [-0.39, 0.29) is 25.0 Å². The summed E-state index contributed by atoms with van der Waals surface area (Å²) in [6.07, 6.45) is 0.359. The van der Waals surface area contributed by atoms with Gasteiger partial charge in [0.1, 0.15) is 0 Å². The van der Waals surface area contributed by atoms with Crippen molar-refractivity contribution in [2.75, 3.05) is 24.6 Å². The van der Waals surface area contributed by atoms with Gasteiger partial charge in [-0.1, -0.05) is 18.2 Å². The standard InChI is InChI=1S/C15H18N2O4/c1-2-21-15(20)14(19)16-9-11-8-13(18)17(10-11)12-6-4-3-5-7-12/h3-7,11H,2,8-10H2,1H3,(H,16,19). The largest absolute Gasteiger partial charge is 0.459 e. The Labute approximate surface area is 123 Å². The molecule has 1 fully saturated rings. The van der Waals surface area contributed by atoms with Gasteiger partial charge in [-0.15, -0.1) is 0 Å². The van der Waals surface area contributed by atoms with E-state index in [1.165, 1.54) is 0 Å². The van der Waals surface area contributed by atoms with E-state index in [2.05, 4.69) is 10.1 Å². The van der Waals surface area contributed by atoms with Crippen molar-refractivity contribution in [3.05, 3.63) is 30.3 Å². The molecular weight excluding hydrogens is 272 g/mol. The van der Waals surface area contributed by atoms with Crippen molar-refractivity contribution in [1.82, 2.24) is 5.32 Å². The van der Waals surface area contributed by atoms with Gasteiger partial charge >= 0.3 is 11.9 Å². The Kier molecular flexibility index (Phi) is 4.92. The summed E-state index contributed by atoms with van der Waals surface area (Å²) in [5.74, 6) is -1.63. The molecule has 0 spiro atoms. The molecule has 1 N–H and O–H groups in total. The van der Waals surface area contributed by atoms with Gasteiger partial charge < -0.3 is 15.0 Å². The molecule has 1 aliphatic rings. The molecule has 1 atom stereocenters. The van der Waals surface area contributed by atoms with E-state index >= 15 is 0 Å². The Hall–Kier alpha value is -2.37. The fourth-order valence-electron chi connectivity index (χ4n) is 2.28. The number of benzene rings is 1. The van der Waals surface area contributed by atoms with Crippen LogP contribution in [0.4, 0.5) is 5.69 Å². The molecule has 1 heterocycles. The zero-order valence-electron chi connectivity index (χ0n) is 11.9. The molecule has 2 rings (SSSR count). The molecule has 1 aromatic carbocycles. The summed E-state index contributed by atoms with van der Waals surface area (Å²) in [7, 11) is 0. The molecule has 1 saturated heterocycles. The quantitative estimate of drug-likeness (QED) is 0.655. The number of nitrogens with one attached hydrogen (secondary N) is 1. The minimum Gasteiger partial charge on any atom is -0.459 e. The number of hydrogen-bond donors (Lipinski definition) is 1. The Balaban J connectivity index is 1.86. The highest BCUT2D eigenvalue weighted by atomic mass is 16.5. The fraction of sp³-hybridized carbons (Fsp3) is 0.400. The number of nitrogens with zero attached hydrogens (tertiary/aromatic N) is 1. The number of anilines is 1. The summed E-state index contributed by atoms with van der Waals surface area (Å²) in [4.78, 5) is 36.3. The van der Waals surface area contributed by atoms with Crippen molar-refractivity contribution in [1.29, 1.82) is 0 Å². The van der Waals surface area contributed by atoms with E-state index in [1.54, 1.807) is 11.8 Å². The van der Waals surface area contributed by atoms with Gasteiger partial charge in [-0.3, -0.25) is 9.59 Å². The number of para-hydroxylation sites is 1. The molecular formula is C15H18N2O4. The lowest BCUT2D eigenvalue weighted by molar-refractivity contribution is -0.154. The molecule has 112 valence electrons. The topological polar surface area (TPSA) is 75.7 Å². The van der Waals surface area contributed by atoms with Crippen LogP contribution in [0.25, 0.3) is 0 Å². The highest BCUT2D eigenvalue weighted by Gasteiger charge is 2.31. The summed E-state index contributed by atoms with van der Waals surface area (Å²) in [5, 5.41) is 2.51. The molecule has 0 saturated carbocycles. The van der Waals surface area contributed by atoms with Crippen molar-refractivity contribution >= 4 is 23.5 Å². The predicted octanol–water partition coefficient (Wildman–Crippen LogP) is 0.719. The Bertz CT molecular complexity index is 530. The maximum Gasteiger partial charge on any atom is 0.396 e. The van der Waals surface area contributed by atoms with Crippen molar-refractivity contribution < 1.29 is 19.1 Å². The molecule has 1 unspecified atom stereocenters. The molecule has 6 heteroatoms. The number of ether oxygens (including phenoxy) is 1. The van der Waals surface area contributed by atoms with Crippen LogP contribution in [-0.4, -0.2) is 37.5 Å². The van der Waals surface area contributed by atoms with Gasteiger partial charge in [0.15, 0.2) is 0 Å². The van der Waals surface area contributed by atoms with Crippen LogP contribution in [0.3, 0.4) is 0 Å². The minimum absolute atomic E-state index is 0.00363. The van der Waals surface area contributed by atoms with Crippen molar-refractivity contribution in [2.45, 2.75) is 13.3 Å². The van der Waals surface area contributed by atoms with Crippen LogP contribution in [0.2, 0.25) is 0 Å². The van der Waals surface area contributed by atoms with Gasteiger partial charge in [0.2, 0.25) is 5.91 Å². The summed E-state index contributed by atoms with van der Waals surface area (Å²) >= 11 is 0. The SMILES string of the molecule is CCOC(=O)C(=O)NCC1CC(=O)N(c2ccccc2)C1. The maximum atomic E-state index is 12.0. The Morgan fingerprint density at radius 2 is 2.05 bits per heavy atom. The first-order valence-electron chi connectivity index (χ1n) is 6.92. The van der Waals surface area contributed by atoms with Gasteiger partial charge in [-0.25, -0.2) is 4.79 Å². The Morgan fingerprint density at radius 1 is 1.33 bits per heavy atom. The van der Waals surface area contributed by atoms with Gasteiger partial charge in [0, 0.05) is 31.1 Å². The lowest BCUT2D eigenvalue weighted by Crippen LogP contribution is -2.36. The molecule has 6 nitrogen and oxygen atoms in total. The number of amides is 2. The van der Waals surface area contributed by atoms with Gasteiger partial charge in [0.25, 0.3) is 0 Å². The van der Waals surface area contributed by atoms with Crippen molar-refractivity contribution in [3.63, 3.8) is 0 Å². The Morgan fingerprint density at radius 3 is 2.71 bits per heavy atom. The average molecular weight is 290 g/mol. The van der Waals surface area contributed by atoms with Gasteiger partial charge in [0.05, 0.1) is 6.61 Å². The number of carbonyl (C=O) groups is 3. The first kappa shape index (κ1) is 15.0. The summed E-state index contributed by atoms with van der Waals surface area (Å²) in [6.45, 7) is 2.62. The third-order valence-electron chi connectivity index (χ3n) is 3.29. The van der Waals surface area contributed by atoms with Crippen LogP contribution in [-0.2, 0) is 19.1 Å².